The summed E-state index contributed by atoms with van der Waals surface area (Å²) in [6, 6.07) is 7.28. The Morgan fingerprint density at radius 3 is 2.65 bits per heavy atom. The molecule has 5 heteroatoms. The Bertz CT molecular complexity index is 563. The van der Waals surface area contributed by atoms with E-state index in [1.807, 2.05) is 13.8 Å². The highest BCUT2D eigenvalue weighted by molar-refractivity contribution is 6.33. The molecule has 1 heterocycles. The van der Waals surface area contributed by atoms with Crippen LogP contribution >= 0.6 is 11.6 Å². The molecule has 1 aromatic heterocycles. The molecule has 0 radical (unpaired) electrons. The molecule has 3 nitrogen and oxygen atoms in total. The smallest absolute Gasteiger partial charge is 0.149 e. The van der Waals surface area contributed by atoms with Crippen LogP contribution in [0.25, 0.3) is 11.3 Å². The summed E-state index contributed by atoms with van der Waals surface area (Å²) >= 11 is 6.04. The highest BCUT2D eigenvalue weighted by Gasteiger charge is 2.13. The van der Waals surface area contributed by atoms with E-state index in [9.17, 15) is 4.39 Å². The van der Waals surface area contributed by atoms with Crippen molar-refractivity contribution in [2.45, 2.75) is 19.9 Å². The number of aliphatic hydroxyl groups excluding tert-OH is 1. The predicted octanol–water partition coefficient (Wildman–Crippen LogP) is 3.56. The van der Waals surface area contributed by atoms with Crippen molar-refractivity contribution in [1.29, 1.82) is 0 Å². The first-order valence-electron chi connectivity index (χ1n) is 6.40. The maximum absolute atomic E-state index is 13.7. The lowest BCUT2D eigenvalue weighted by Gasteiger charge is -2.12. The lowest BCUT2D eigenvalue weighted by atomic mass is 10.0. The first-order chi connectivity index (χ1) is 9.63. The summed E-state index contributed by atoms with van der Waals surface area (Å²) in [6.07, 6.45) is 1.49. The Morgan fingerprint density at radius 1 is 1.35 bits per heavy atom. The summed E-state index contributed by atoms with van der Waals surface area (Å²) in [5.74, 6) is -0.450. The quantitative estimate of drug-likeness (QED) is 0.910. The van der Waals surface area contributed by atoms with Gasteiger partial charge in [0.2, 0.25) is 0 Å². The van der Waals surface area contributed by atoms with Gasteiger partial charge >= 0.3 is 0 Å². The summed E-state index contributed by atoms with van der Waals surface area (Å²) in [6.45, 7) is 3.81. The highest BCUT2D eigenvalue weighted by Crippen LogP contribution is 2.30. The lowest BCUT2D eigenvalue weighted by Crippen LogP contribution is -2.14. The molecule has 0 spiro atoms. The van der Waals surface area contributed by atoms with Crippen molar-refractivity contribution in [2.75, 3.05) is 6.61 Å². The maximum atomic E-state index is 13.7. The number of nitrogens with two attached hydrogens (primary N) is 1. The summed E-state index contributed by atoms with van der Waals surface area (Å²) in [5, 5.41) is 9.42. The van der Waals surface area contributed by atoms with Gasteiger partial charge in [0.1, 0.15) is 11.5 Å². The summed E-state index contributed by atoms with van der Waals surface area (Å²) in [7, 11) is 0. The zero-order valence-electron chi connectivity index (χ0n) is 11.5. The fourth-order valence-electron chi connectivity index (χ4n) is 1.64. The maximum Gasteiger partial charge on any atom is 0.149 e. The SMILES string of the molecule is CC.NC(CO)c1ccc(Cl)c(-c2ncccc2F)c1. The second-order valence-corrected chi connectivity index (χ2v) is 4.27. The predicted molar refractivity (Wildman–Crippen MR) is 80.0 cm³/mol. The Kier molecular flexibility index (Phi) is 6.58. The molecule has 0 saturated heterocycles. The topological polar surface area (TPSA) is 59.1 Å². The molecule has 0 fully saturated rings. The number of nitrogens with zero attached hydrogens (tertiary/aromatic N) is 1. The van der Waals surface area contributed by atoms with Crippen molar-refractivity contribution >= 4 is 11.6 Å². The third-order valence-corrected chi connectivity index (χ3v) is 2.96. The van der Waals surface area contributed by atoms with Crippen LogP contribution in [0, 0.1) is 5.82 Å². The fourth-order valence-corrected chi connectivity index (χ4v) is 1.85. The Hall–Kier alpha value is -1.49. The monoisotopic (exact) mass is 296 g/mol. The minimum Gasteiger partial charge on any atom is -0.394 e. The van der Waals surface area contributed by atoms with E-state index in [2.05, 4.69) is 4.98 Å². The van der Waals surface area contributed by atoms with E-state index in [-0.39, 0.29) is 12.3 Å². The van der Waals surface area contributed by atoms with E-state index in [1.165, 1.54) is 18.3 Å². The van der Waals surface area contributed by atoms with Crippen molar-refractivity contribution in [1.82, 2.24) is 4.98 Å². The van der Waals surface area contributed by atoms with Crippen LogP contribution in [0.5, 0.6) is 0 Å². The molecule has 2 rings (SSSR count). The zero-order valence-corrected chi connectivity index (χ0v) is 12.2. The molecule has 0 aliphatic carbocycles. The molecule has 0 saturated carbocycles. The van der Waals surface area contributed by atoms with Gasteiger partial charge in [0.25, 0.3) is 0 Å². The van der Waals surface area contributed by atoms with Gasteiger partial charge in [-0.15, -0.1) is 0 Å². The van der Waals surface area contributed by atoms with Gasteiger partial charge in [-0.25, -0.2) is 4.39 Å². The zero-order chi connectivity index (χ0) is 15.1. The van der Waals surface area contributed by atoms with Crippen LogP contribution in [0.3, 0.4) is 0 Å². The average Bonchev–Trinajstić information content (AvgIpc) is 2.50. The van der Waals surface area contributed by atoms with Crippen molar-refractivity contribution in [3.63, 3.8) is 0 Å². The summed E-state index contributed by atoms with van der Waals surface area (Å²) in [5.41, 5.74) is 7.05. The molecule has 0 amide bonds. The highest BCUT2D eigenvalue weighted by atomic mass is 35.5. The molecule has 20 heavy (non-hydrogen) atoms. The normalized spacial score (nSPS) is 11.5. The fraction of sp³-hybridized carbons (Fsp3) is 0.267. The first-order valence-corrected chi connectivity index (χ1v) is 6.78. The molecule has 3 N–H and O–H groups in total. The molecule has 2 aromatic rings. The van der Waals surface area contributed by atoms with Gasteiger partial charge in [-0.2, -0.15) is 0 Å². The standard InChI is InChI=1S/C13H12ClFN2O.C2H6/c14-10-4-3-8(12(16)7-18)6-9(10)13-11(15)2-1-5-17-13;1-2/h1-6,12,18H,7,16H2;1-2H3. The molecule has 0 aliphatic rings. The first kappa shape index (κ1) is 16.6. The van der Waals surface area contributed by atoms with Crippen molar-refractivity contribution in [3.8, 4) is 11.3 Å². The molecule has 1 unspecified atom stereocenters. The van der Waals surface area contributed by atoms with Gasteiger partial charge in [-0.05, 0) is 29.8 Å². The van der Waals surface area contributed by atoms with Gasteiger partial charge in [0.15, 0.2) is 0 Å². The Morgan fingerprint density at radius 2 is 2.05 bits per heavy atom. The molecular formula is C15H18ClFN2O. The minimum absolute atomic E-state index is 0.175. The molecule has 1 aromatic carbocycles. The molecular weight excluding hydrogens is 279 g/mol. The van der Waals surface area contributed by atoms with Gasteiger partial charge < -0.3 is 10.8 Å². The number of rotatable bonds is 3. The second kappa shape index (κ2) is 7.94. The van der Waals surface area contributed by atoms with E-state index in [1.54, 1.807) is 18.2 Å². The molecule has 0 aliphatic heterocycles. The number of hydrogen-bond acceptors (Lipinski definition) is 3. The number of benzene rings is 1. The number of aliphatic hydroxyl groups is 1. The molecule has 1 atom stereocenters. The van der Waals surface area contributed by atoms with Crippen LogP contribution in [0.4, 0.5) is 4.39 Å². The minimum atomic E-state index is -0.521. The number of aromatic nitrogens is 1. The summed E-state index contributed by atoms with van der Waals surface area (Å²) in [4.78, 5) is 3.97. The Labute approximate surface area is 123 Å². The van der Waals surface area contributed by atoms with Crippen LogP contribution in [0.15, 0.2) is 36.5 Å². The third kappa shape index (κ3) is 3.76. The van der Waals surface area contributed by atoms with Crippen LogP contribution < -0.4 is 5.73 Å². The van der Waals surface area contributed by atoms with E-state index in [0.29, 0.717) is 16.1 Å². The molecule has 108 valence electrons. The Balaban J connectivity index is 0.000000956. The van der Waals surface area contributed by atoms with E-state index in [0.717, 1.165) is 0 Å². The number of hydrogen-bond donors (Lipinski definition) is 2. The van der Waals surface area contributed by atoms with E-state index >= 15 is 0 Å². The average molecular weight is 297 g/mol. The largest absolute Gasteiger partial charge is 0.394 e. The number of pyridine rings is 1. The third-order valence-electron chi connectivity index (χ3n) is 2.63. The van der Waals surface area contributed by atoms with Crippen LogP contribution in [-0.4, -0.2) is 16.7 Å². The van der Waals surface area contributed by atoms with Crippen molar-refractivity contribution < 1.29 is 9.50 Å². The van der Waals surface area contributed by atoms with E-state index in [4.69, 9.17) is 22.4 Å². The van der Waals surface area contributed by atoms with Crippen LogP contribution in [-0.2, 0) is 0 Å². The van der Waals surface area contributed by atoms with Crippen LogP contribution in [0.1, 0.15) is 25.5 Å². The van der Waals surface area contributed by atoms with Crippen molar-refractivity contribution in [2.24, 2.45) is 5.73 Å². The second-order valence-electron chi connectivity index (χ2n) is 3.86. The lowest BCUT2D eigenvalue weighted by molar-refractivity contribution is 0.268. The van der Waals surface area contributed by atoms with Gasteiger partial charge in [0.05, 0.1) is 17.7 Å². The van der Waals surface area contributed by atoms with Gasteiger partial charge in [-0.1, -0.05) is 31.5 Å². The molecule has 0 bridgehead atoms. The van der Waals surface area contributed by atoms with E-state index < -0.39 is 11.9 Å². The van der Waals surface area contributed by atoms with Crippen LogP contribution in [0.2, 0.25) is 5.02 Å². The van der Waals surface area contributed by atoms with Gasteiger partial charge in [-0.3, -0.25) is 4.98 Å². The summed E-state index contributed by atoms with van der Waals surface area (Å²) < 4.78 is 13.7. The number of halogens is 2. The van der Waals surface area contributed by atoms with Crippen molar-refractivity contribution in [3.05, 3.63) is 52.9 Å². The van der Waals surface area contributed by atoms with Gasteiger partial charge in [0, 0.05) is 11.8 Å².